The van der Waals surface area contributed by atoms with E-state index in [2.05, 4.69) is 11.0 Å². The quantitative estimate of drug-likeness (QED) is 0.662. The van der Waals surface area contributed by atoms with Crippen molar-refractivity contribution in [3.8, 4) is 0 Å². The Bertz CT molecular complexity index is 583. The van der Waals surface area contributed by atoms with Crippen molar-refractivity contribution >= 4 is 0 Å². The zero-order valence-corrected chi connectivity index (χ0v) is 15.7. The first-order valence-corrected chi connectivity index (χ1v) is 10.4. The SMILES string of the molecule is NCCCCCCCCCCN1CC2CC(C1)c1cccc(=O)n1C2. The van der Waals surface area contributed by atoms with E-state index in [0.717, 1.165) is 19.6 Å². The van der Waals surface area contributed by atoms with Crippen LogP contribution in [0.2, 0.25) is 0 Å². The molecule has 2 bridgehead atoms. The van der Waals surface area contributed by atoms with Crippen LogP contribution in [-0.4, -0.2) is 35.6 Å². The number of aromatic nitrogens is 1. The maximum atomic E-state index is 12.1. The zero-order chi connectivity index (χ0) is 17.5. The van der Waals surface area contributed by atoms with Gasteiger partial charge in [-0.1, -0.05) is 44.6 Å². The fourth-order valence-electron chi connectivity index (χ4n) is 4.72. The minimum Gasteiger partial charge on any atom is -0.330 e. The number of nitrogens with zero attached hydrogens (tertiary/aromatic N) is 2. The molecule has 2 aliphatic rings. The van der Waals surface area contributed by atoms with Crippen molar-refractivity contribution < 1.29 is 0 Å². The van der Waals surface area contributed by atoms with Crippen LogP contribution in [0.3, 0.4) is 0 Å². The van der Waals surface area contributed by atoms with E-state index in [0.29, 0.717) is 11.8 Å². The van der Waals surface area contributed by atoms with Gasteiger partial charge in [-0.05, 0) is 44.3 Å². The van der Waals surface area contributed by atoms with Crippen LogP contribution in [0.5, 0.6) is 0 Å². The number of fused-ring (bicyclic) bond motifs is 4. The predicted octanol–water partition coefficient (Wildman–Crippen LogP) is 3.35. The van der Waals surface area contributed by atoms with E-state index < -0.39 is 0 Å². The van der Waals surface area contributed by atoms with Crippen molar-refractivity contribution in [1.82, 2.24) is 9.47 Å². The smallest absolute Gasteiger partial charge is 0.250 e. The summed E-state index contributed by atoms with van der Waals surface area (Å²) < 4.78 is 2.03. The summed E-state index contributed by atoms with van der Waals surface area (Å²) in [7, 11) is 0. The molecule has 4 nitrogen and oxygen atoms in total. The lowest BCUT2D eigenvalue weighted by molar-refractivity contribution is 0.118. The van der Waals surface area contributed by atoms with Crippen LogP contribution in [0.15, 0.2) is 23.0 Å². The van der Waals surface area contributed by atoms with Crippen molar-refractivity contribution in [2.75, 3.05) is 26.2 Å². The molecule has 1 fully saturated rings. The monoisotopic (exact) mass is 345 g/mol. The fourth-order valence-corrected chi connectivity index (χ4v) is 4.72. The summed E-state index contributed by atoms with van der Waals surface area (Å²) in [5.41, 5.74) is 6.98. The average molecular weight is 346 g/mol. The summed E-state index contributed by atoms with van der Waals surface area (Å²) in [6.07, 6.45) is 11.9. The Morgan fingerprint density at radius 3 is 2.40 bits per heavy atom. The van der Waals surface area contributed by atoms with Crippen LogP contribution < -0.4 is 11.3 Å². The van der Waals surface area contributed by atoms with Crippen molar-refractivity contribution in [3.63, 3.8) is 0 Å². The Labute approximate surface area is 152 Å². The van der Waals surface area contributed by atoms with Gasteiger partial charge >= 0.3 is 0 Å². The lowest BCUT2D eigenvalue weighted by atomic mass is 9.83. The van der Waals surface area contributed by atoms with Crippen LogP contribution in [0, 0.1) is 5.92 Å². The third-order valence-corrected chi connectivity index (χ3v) is 5.98. The highest BCUT2D eigenvalue weighted by Gasteiger charge is 2.33. The summed E-state index contributed by atoms with van der Waals surface area (Å²) in [6.45, 7) is 5.31. The van der Waals surface area contributed by atoms with Gasteiger partial charge in [-0.2, -0.15) is 0 Å². The largest absolute Gasteiger partial charge is 0.330 e. The Hall–Kier alpha value is -1.13. The molecule has 140 valence electrons. The molecule has 2 N–H and O–H groups in total. The molecular weight excluding hydrogens is 310 g/mol. The number of likely N-dealkylation sites (tertiary alicyclic amines) is 1. The van der Waals surface area contributed by atoms with Gasteiger partial charge in [-0.25, -0.2) is 0 Å². The van der Waals surface area contributed by atoms with Gasteiger partial charge in [0.15, 0.2) is 0 Å². The number of piperidine rings is 1. The maximum absolute atomic E-state index is 12.1. The third kappa shape index (κ3) is 5.18. The summed E-state index contributed by atoms with van der Waals surface area (Å²) in [6, 6.07) is 5.80. The maximum Gasteiger partial charge on any atom is 0.250 e. The van der Waals surface area contributed by atoms with Gasteiger partial charge in [-0.15, -0.1) is 0 Å². The summed E-state index contributed by atoms with van der Waals surface area (Å²) in [5.74, 6) is 1.22. The molecular formula is C21H35N3O. The van der Waals surface area contributed by atoms with Gasteiger partial charge in [0.05, 0.1) is 0 Å². The highest BCUT2D eigenvalue weighted by Crippen LogP contribution is 2.34. The minimum absolute atomic E-state index is 0.187. The van der Waals surface area contributed by atoms with Gasteiger partial charge < -0.3 is 15.2 Å². The molecule has 0 saturated carbocycles. The van der Waals surface area contributed by atoms with E-state index in [1.807, 2.05) is 10.6 Å². The first-order valence-electron chi connectivity index (χ1n) is 10.4. The molecule has 4 heteroatoms. The number of unbranched alkanes of at least 4 members (excludes halogenated alkanes) is 7. The van der Waals surface area contributed by atoms with E-state index in [9.17, 15) is 4.79 Å². The fraction of sp³-hybridized carbons (Fsp3) is 0.762. The van der Waals surface area contributed by atoms with Crippen LogP contribution in [0.25, 0.3) is 0 Å². The van der Waals surface area contributed by atoms with Crippen molar-refractivity contribution in [2.24, 2.45) is 11.7 Å². The molecule has 0 spiro atoms. The van der Waals surface area contributed by atoms with E-state index >= 15 is 0 Å². The molecule has 0 aromatic carbocycles. The van der Waals surface area contributed by atoms with Crippen LogP contribution >= 0.6 is 0 Å². The highest BCUT2D eigenvalue weighted by atomic mass is 16.1. The minimum atomic E-state index is 0.187. The van der Waals surface area contributed by atoms with Crippen molar-refractivity contribution in [1.29, 1.82) is 0 Å². The van der Waals surface area contributed by atoms with E-state index in [1.165, 1.54) is 76.6 Å². The molecule has 2 atom stereocenters. The summed E-state index contributed by atoms with van der Waals surface area (Å²) >= 11 is 0. The average Bonchev–Trinajstić information content (AvgIpc) is 2.61. The standard InChI is InChI=1S/C21H35N3O/c22-12-7-5-3-1-2-4-6-8-13-23-15-18-14-19(17-23)20-10-9-11-21(25)24(20)16-18/h9-11,18-19H,1-8,12-17,22H2. The second kappa shape index (κ2) is 9.54. The molecule has 25 heavy (non-hydrogen) atoms. The Morgan fingerprint density at radius 1 is 0.920 bits per heavy atom. The molecule has 2 aliphatic heterocycles. The van der Waals surface area contributed by atoms with Crippen LogP contribution in [0.4, 0.5) is 0 Å². The molecule has 3 heterocycles. The number of nitrogens with two attached hydrogens (primary N) is 1. The van der Waals surface area contributed by atoms with E-state index in [-0.39, 0.29) is 5.56 Å². The molecule has 0 radical (unpaired) electrons. The summed E-state index contributed by atoms with van der Waals surface area (Å²) in [4.78, 5) is 14.7. The van der Waals surface area contributed by atoms with E-state index in [4.69, 9.17) is 5.73 Å². The molecule has 3 rings (SSSR count). The molecule has 2 unspecified atom stereocenters. The van der Waals surface area contributed by atoms with E-state index in [1.54, 1.807) is 6.07 Å². The van der Waals surface area contributed by atoms with Gasteiger partial charge in [0, 0.05) is 37.3 Å². The summed E-state index contributed by atoms with van der Waals surface area (Å²) in [5, 5.41) is 0. The van der Waals surface area contributed by atoms with Crippen LogP contribution in [-0.2, 0) is 6.54 Å². The number of pyridine rings is 1. The number of hydrogen-bond donors (Lipinski definition) is 1. The topological polar surface area (TPSA) is 51.3 Å². The highest BCUT2D eigenvalue weighted by molar-refractivity contribution is 5.16. The molecule has 1 aromatic heterocycles. The second-order valence-electron chi connectivity index (χ2n) is 8.07. The Morgan fingerprint density at radius 2 is 1.64 bits per heavy atom. The number of rotatable bonds is 10. The zero-order valence-electron chi connectivity index (χ0n) is 15.7. The Kier molecular flexibility index (Phi) is 7.12. The predicted molar refractivity (Wildman–Crippen MR) is 104 cm³/mol. The van der Waals surface area contributed by atoms with Gasteiger partial charge in [-0.3, -0.25) is 4.79 Å². The van der Waals surface area contributed by atoms with Gasteiger partial charge in [0.1, 0.15) is 0 Å². The second-order valence-corrected chi connectivity index (χ2v) is 8.07. The molecule has 0 aliphatic carbocycles. The first kappa shape index (κ1) is 18.7. The lowest BCUT2D eigenvalue weighted by Crippen LogP contribution is -2.47. The molecule has 1 saturated heterocycles. The normalized spacial score (nSPS) is 22.8. The number of hydrogen-bond acceptors (Lipinski definition) is 3. The van der Waals surface area contributed by atoms with Crippen molar-refractivity contribution in [3.05, 3.63) is 34.2 Å². The van der Waals surface area contributed by atoms with Crippen molar-refractivity contribution in [2.45, 2.75) is 70.3 Å². The first-order chi connectivity index (χ1) is 12.3. The van der Waals surface area contributed by atoms with Gasteiger partial charge in [0.2, 0.25) is 0 Å². The lowest BCUT2D eigenvalue weighted by Gasteiger charge is -2.42. The Balaban J connectivity index is 1.35. The van der Waals surface area contributed by atoms with Gasteiger partial charge in [0.25, 0.3) is 5.56 Å². The molecule has 0 amide bonds. The molecule has 1 aromatic rings. The third-order valence-electron chi connectivity index (χ3n) is 5.98. The van der Waals surface area contributed by atoms with Crippen LogP contribution in [0.1, 0.15) is 69.4 Å².